The maximum Gasteiger partial charge on any atom is 0.261 e. The van der Waals surface area contributed by atoms with E-state index in [2.05, 4.69) is 4.72 Å². The fraction of sp³-hybridized carbons (Fsp3) is 0.107. The van der Waals surface area contributed by atoms with Gasteiger partial charge in [-0.15, -0.1) is 0 Å². The normalized spacial score (nSPS) is 15.0. The number of hydrogen-bond donors (Lipinski definition) is 1. The van der Waals surface area contributed by atoms with Gasteiger partial charge in [0, 0.05) is 27.1 Å². The maximum atomic E-state index is 13.3. The Morgan fingerprint density at radius 1 is 0.886 bits per heavy atom. The topological polar surface area (TPSA) is 66.5 Å². The fourth-order valence-corrected chi connectivity index (χ4v) is 6.38. The van der Waals surface area contributed by atoms with E-state index in [4.69, 9.17) is 0 Å². The predicted octanol–water partition coefficient (Wildman–Crippen LogP) is 6.23. The third kappa shape index (κ3) is 4.83. The van der Waals surface area contributed by atoms with E-state index in [1.165, 1.54) is 11.8 Å². The second-order valence-corrected chi connectivity index (χ2v) is 11.2. The lowest BCUT2D eigenvalue weighted by Crippen LogP contribution is -2.35. The average Bonchev–Trinajstić information content (AvgIpc) is 3.20. The smallest absolute Gasteiger partial charge is 0.261 e. The highest BCUT2D eigenvalue weighted by molar-refractivity contribution is 7.99. The molecule has 1 aliphatic heterocycles. The van der Waals surface area contributed by atoms with E-state index in [-0.39, 0.29) is 16.8 Å². The van der Waals surface area contributed by atoms with Crippen LogP contribution in [-0.2, 0) is 16.4 Å². The molecule has 1 aliphatic rings. The molecule has 0 aliphatic carbocycles. The number of nitrogens with one attached hydrogen (secondary N) is 1. The molecule has 5 rings (SSSR count). The zero-order valence-electron chi connectivity index (χ0n) is 19.1. The largest absolute Gasteiger partial charge is 0.305 e. The van der Waals surface area contributed by atoms with Gasteiger partial charge in [-0.2, -0.15) is 0 Å². The molecular weight excluding hydrogens is 476 g/mol. The summed E-state index contributed by atoms with van der Waals surface area (Å²) in [5, 5.41) is 0. The van der Waals surface area contributed by atoms with Crippen LogP contribution in [0.1, 0.15) is 22.8 Å². The number of carbonyl (C=O) groups is 1. The lowest BCUT2D eigenvalue weighted by Gasteiger charge is -2.23. The van der Waals surface area contributed by atoms with Crippen molar-refractivity contribution in [3.05, 3.63) is 114 Å². The van der Waals surface area contributed by atoms with Crippen molar-refractivity contribution >= 4 is 39.1 Å². The quantitative estimate of drug-likeness (QED) is 0.341. The van der Waals surface area contributed by atoms with Gasteiger partial charge in [0.1, 0.15) is 0 Å². The van der Waals surface area contributed by atoms with Crippen molar-refractivity contribution in [2.45, 2.75) is 34.1 Å². The monoisotopic (exact) mass is 500 g/mol. The highest BCUT2D eigenvalue weighted by Gasteiger charge is 2.32. The number of amides is 1. The van der Waals surface area contributed by atoms with Crippen molar-refractivity contribution in [3.8, 4) is 0 Å². The SMILES string of the molecule is C[C@H]1Cc2cc(S(=O)(=O)Nc3ccccc3Sc3ccccc3)ccc2N1C(=O)c1ccccc1. The molecule has 0 saturated carbocycles. The van der Waals surface area contributed by atoms with Gasteiger partial charge in [-0.25, -0.2) is 8.42 Å². The van der Waals surface area contributed by atoms with Crippen molar-refractivity contribution in [1.29, 1.82) is 0 Å². The summed E-state index contributed by atoms with van der Waals surface area (Å²) in [6.07, 6.45) is 0.595. The van der Waals surface area contributed by atoms with Crippen molar-refractivity contribution in [2.24, 2.45) is 0 Å². The molecular formula is C28H24N2O3S2. The molecule has 0 bridgehead atoms. The Hall–Kier alpha value is -3.55. The van der Waals surface area contributed by atoms with Gasteiger partial charge in [-0.3, -0.25) is 9.52 Å². The van der Waals surface area contributed by atoms with Gasteiger partial charge >= 0.3 is 0 Å². The van der Waals surface area contributed by atoms with Crippen molar-refractivity contribution < 1.29 is 13.2 Å². The molecule has 1 atom stereocenters. The van der Waals surface area contributed by atoms with Crippen LogP contribution in [0.15, 0.2) is 118 Å². The molecule has 1 N–H and O–H groups in total. The molecule has 1 heterocycles. The minimum Gasteiger partial charge on any atom is -0.305 e. The van der Waals surface area contributed by atoms with Gasteiger partial charge < -0.3 is 4.90 Å². The summed E-state index contributed by atoms with van der Waals surface area (Å²) < 4.78 is 29.4. The maximum absolute atomic E-state index is 13.3. The Balaban J connectivity index is 1.41. The van der Waals surface area contributed by atoms with E-state index in [9.17, 15) is 13.2 Å². The van der Waals surface area contributed by atoms with Gasteiger partial charge in [-0.05, 0) is 73.5 Å². The zero-order valence-corrected chi connectivity index (χ0v) is 20.7. The number of carbonyl (C=O) groups excluding carboxylic acids is 1. The summed E-state index contributed by atoms with van der Waals surface area (Å²) in [7, 11) is -3.82. The summed E-state index contributed by atoms with van der Waals surface area (Å²) in [5.74, 6) is -0.0857. The minimum atomic E-state index is -3.82. The molecule has 5 nitrogen and oxygen atoms in total. The van der Waals surface area contributed by atoms with Gasteiger partial charge in [0.05, 0.1) is 10.6 Å². The lowest BCUT2D eigenvalue weighted by molar-refractivity contribution is 0.0981. The van der Waals surface area contributed by atoms with Crippen LogP contribution in [0.4, 0.5) is 11.4 Å². The molecule has 7 heteroatoms. The fourth-order valence-electron chi connectivity index (χ4n) is 4.26. The highest BCUT2D eigenvalue weighted by atomic mass is 32.2. The summed E-state index contributed by atoms with van der Waals surface area (Å²) >= 11 is 1.50. The van der Waals surface area contributed by atoms with Crippen LogP contribution in [0.2, 0.25) is 0 Å². The van der Waals surface area contributed by atoms with Crippen LogP contribution in [-0.4, -0.2) is 20.4 Å². The Labute approximate surface area is 209 Å². The van der Waals surface area contributed by atoms with Gasteiger partial charge in [0.2, 0.25) is 0 Å². The second kappa shape index (κ2) is 9.60. The minimum absolute atomic E-state index is 0.0633. The molecule has 0 aromatic heterocycles. The molecule has 0 unspecified atom stereocenters. The number of hydrogen-bond acceptors (Lipinski definition) is 4. The first-order chi connectivity index (χ1) is 16.9. The molecule has 4 aromatic rings. The second-order valence-electron chi connectivity index (χ2n) is 8.40. The van der Waals surface area contributed by atoms with E-state index in [0.29, 0.717) is 17.7 Å². The van der Waals surface area contributed by atoms with Crippen molar-refractivity contribution in [2.75, 3.05) is 9.62 Å². The predicted molar refractivity (Wildman–Crippen MR) is 141 cm³/mol. The summed E-state index contributed by atoms with van der Waals surface area (Å²) in [5.41, 5.74) is 2.73. The Kier molecular flexibility index (Phi) is 6.36. The van der Waals surface area contributed by atoms with Crippen molar-refractivity contribution in [1.82, 2.24) is 0 Å². The number of fused-ring (bicyclic) bond motifs is 1. The summed E-state index contributed by atoms with van der Waals surface area (Å²) in [6.45, 7) is 1.98. The molecule has 0 spiro atoms. The van der Waals surface area contributed by atoms with Crippen molar-refractivity contribution in [3.63, 3.8) is 0 Å². The van der Waals surface area contributed by atoms with Gasteiger partial charge in [0.15, 0.2) is 0 Å². The Morgan fingerprint density at radius 2 is 1.54 bits per heavy atom. The Morgan fingerprint density at radius 3 is 2.29 bits per heavy atom. The molecule has 176 valence electrons. The molecule has 35 heavy (non-hydrogen) atoms. The average molecular weight is 501 g/mol. The third-order valence-electron chi connectivity index (χ3n) is 5.92. The van der Waals surface area contributed by atoms with E-state index in [1.54, 1.807) is 41.3 Å². The Bertz CT molecular complexity index is 1470. The number of anilines is 2. The molecule has 4 aromatic carbocycles. The zero-order chi connectivity index (χ0) is 24.4. The van der Waals surface area contributed by atoms with E-state index in [1.807, 2.05) is 73.7 Å². The lowest BCUT2D eigenvalue weighted by atomic mass is 10.1. The van der Waals surface area contributed by atoms with E-state index < -0.39 is 10.0 Å². The standard InChI is InChI=1S/C28H24N2O3S2/c1-20-18-22-19-24(16-17-26(22)30(20)28(31)21-10-4-2-5-11-21)35(32,33)29-25-14-8-9-15-27(25)34-23-12-6-3-7-13-23/h2-17,19-20,29H,18H2,1H3/t20-/m0/s1. The van der Waals surface area contributed by atoms with Crippen LogP contribution < -0.4 is 9.62 Å². The van der Waals surface area contributed by atoms with Crippen LogP contribution in [0.25, 0.3) is 0 Å². The first kappa shape index (κ1) is 23.2. The molecule has 0 radical (unpaired) electrons. The van der Waals surface area contributed by atoms with Crippen LogP contribution in [0.5, 0.6) is 0 Å². The molecule has 1 amide bonds. The highest BCUT2D eigenvalue weighted by Crippen LogP contribution is 2.37. The number of rotatable bonds is 6. The van der Waals surface area contributed by atoms with Crippen LogP contribution in [0.3, 0.4) is 0 Å². The van der Waals surface area contributed by atoms with Gasteiger partial charge in [0.25, 0.3) is 15.9 Å². The summed E-state index contributed by atoms with van der Waals surface area (Å²) in [6, 6.07) is 31.2. The van der Waals surface area contributed by atoms with Crippen LogP contribution >= 0.6 is 11.8 Å². The van der Waals surface area contributed by atoms with Gasteiger partial charge in [-0.1, -0.05) is 60.3 Å². The van der Waals surface area contributed by atoms with E-state index >= 15 is 0 Å². The first-order valence-electron chi connectivity index (χ1n) is 11.3. The number of para-hydroxylation sites is 1. The molecule has 0 fully saturated rings. The number of benzene rings is 4. The van der Waals surface area contributed by atoms with Crippen LogP contribution in [0, 0.1) is 0 Å². The summed E-state index contributed by atoms with van der Waals surface area (Å²) in [4.78, 5) is 16.9. The number of nitrogens with zero attached hydrogens (tertiary/aromatic N) is 1. The number of sulfonamides is 1. The first-order valence-corrected chi connectivity index (χ1v) is 13.6. The molecule has 0 saturated heterocycles. The van der Waals surface area contributed by atoms with E-state index in [0.717, 1.165) is 21.0 Å². The third-order valence-corrected chi connectivity index (χ3v) is 8.37.